The average Bonchev–Trinajstić information content (AvgIpc) is 3.32. The summed E-state index contributed by atoms with van der Waals surface area (Å²) in [6.07, 6.45) is 9.66. The van der Waals surface area contributed by atoms with Crippen molar-refractivity contribution in [2.75, 3.05) is 13.1 Å². The smallest absolute Gasteiger partial charge is 0.191 e. The number of guanidine groups is 1. The van der Waals surface area contributed by atoms with Gasteiger partial charge in [0.15, 0.2) is 5.96 Å². The molecule has 0 aromatic carbocycles. The molecule has 0 aliphatic heterocycles. The van der Waals surface area contributed by atoms with E-state index in [-0.39, 0.29) is 0 Å². The van der Waals surface area contributed by atoms with Gasteiger partial charge in [0.05, 0.1) is 6.54 Å². The maximum absolute atomic E-state index is 4.64. The van der Waals surface area contributed by atoms with Crippen molar-refractivity contribution in [2.45, 2.75) is 26.9 Å². The summed E-state index contributed by atoms with van der Waals surface area (Å²) in [4.78, 5) is 13.4. The predicted octanol–water partition coefficient (Wildman–Crippen LogP) is 2.13. The molecule has 3 rings (SSSR count). The van der Waals surface area contributed by atoms with E-state index in [1.54, 1.807) is 6.20 Å². The largest absolute Gasteiger partial charge is 0.357 e. The lowest BCUT2D eigenvalue weighted by atomic mass is 10.3. The molecule has 0 atom stereocenters. The van der Waals surface area contributed by atoms with Crippen LogP contribution in [0.15, 0.2) is 60.2 Å². The fourth-order valence-electron chi connectivity index (χ4n) is 2.61. The molecule has 3 heterocycles. The van der Waals surface area contributed by atoms with Gasteiger partial charge in [-0.1, -0.05) is 6.07 Å². The van der Waals surface area contributed by atoms with Crippen LogP contribution in [0, 0.1) is 6.92 Å². The first kappa shape index (κ1) is 17.7. The molecular weight excluding hydrogens is 326 g/mol. The van der Waals surface area contributed by atoms with Crippen molar-refractivity contribution in [1.29, 1.82) is 0 Å². The molecule has 0 amide bonds. The monoisotopic (exact) mass is 351 g/mol. The minimum atomic E-state index is 0.578. The number of nitrogens with zero attached hydrogens (tertiary/aromatic N) is 5. The number of aliphatic imine (C=N–C) groups is 1. The number of imidazole rings is 1. The zero-order valence-corrected chi connectivity index (χ0v) is 15.3. The van der Waals surface area contributed by atoms with E-state index in [1.165, 1.54) is 0 Å². The highest BCUT2D eigenvalue weighted by atomic mass is 15.2. The summed E-state index contributed by atoms with van der Waals surface area (Å²) in [6.45, 7) is 7.14. The Kier molecular flexibility index (Phi) is 6.03. The molecule has 0 bridgehead atoms. The van der Waals surface area contributed by atoms with E-state index in [0.717, 1.165) is 42.8 Å². The quantitative estimate of drug-likeness (QED) is 0.505. The maximum Gasteiger partial charge on any atom is 0.191 e. The Bertz CT molecular complexity index is 816. The first-order chi connectivity index (χ1) is 12.8. The normalized spacial score (nSPS) is 11.5. The SMILES string of the molecule is CCNC(=NCc1ccc(-n2ccnc2C)nc1)NCCn1cccc1. The van der Waals surface area contributed by atoms with Crippen molar-refractivity contribution in [3.05, 3.63) is 66.6 Å². The third-order valence-corrected chi connectivity index (χ3v) is 3.97. The molecule has 136 valence electrons. The van der Waals surface area contributed by atoms with Crippen LogP contribution in [-0.4, -0.2) is 38.2 Å². The van der Waals surface area contributed by atoms with Crippen molar-refractivity contribution in [3.8, 4) is 5.82 Å². The van der Waals surface area contributed by atoms with Crippen LogP contribution >= 0.6 is 0 Å². The minimum Gasteiger partial charge on any atom is -0.357 e. The lowest BCUT2D eigenvalue weighted by Gasteiger charge is -2.12. The highest BCUT2D eigenvalue weighted by molar-refractivity contribution is 5.79. The predicted molar refractivity (Wildman–Crippen MR) is 103 cm³/mol. The van der Waals surface area contributed by atoms with Crippen LogP contribution in [-0.2, 0) is 13.1 Å². The molecule has 7 nitrogen and oxygen atoms in total. The molecule has 0 fully saturated rings. The van der Waals surface area contributed by atoms with E-state index >= 15 is 0 Å². The third-order valence-electron chi connectivity index (χ3n) is 3.97. The summed E-state index contributed by atoms with van der Waals surface area (Å²) in [7, 11) is 0. The lowest BCUT2D eigenvalue weighted by Crippen LogP contribution is -2.38. The van der Waals surface area contributed by atoms with E-state index < -0.39 is 0 Å². The van der Waals surface area contributed by atoms with E-state index in [0.29, 0.717) is 6.54 Å². The number of aryl methyl sites for hydroxylation is 1. The van der Waals surface area contributed by atoms with Gasteiger partial charge in [0.25, 0.3) is 0 Å². The van der Waals surface area contributed by atoms with Crippen molar-refractivity contribution in [2.24, 2.45) is 4.99 Å². The van der Waals surface area contributed by atoms with Crippen molar-refractivity contribution >= 4 is 5.96 Å². The summed E-state index contributed by atoms with van der Waals surface area (Å²) < 4.78 is 4.09. The molecule has 0 saturated carbocycles. The zero-order valence-electron chi connectivity index (χ0n) is 15.3. The van der Waals surface area contributed by atoms with Crippen LogP contribution in [0.2, 0.25) is 0 Å². The molecule has 3 aromatic rings. The van der Waals surface area contributed by atoms with Crippen molar-refractivity contribution < 1.29 is 0 Å². The fraction of sp³-hybridized carbons (Fsp3) is 0.316. The molecular formula is C19H25N7. The van der Waals surface area contributed by atoms with E-state index in [9.17, 15) is 0 Å². The summed E-state index contributed by atoms with van der Waals surface area (Å²) in [5.74, 6) is 2.60. The van der Waals surface area contributed by atoms with Crippen molar-refractivity contribution in [1.82, 2.24) is 29.7 Å². The van der Waals surface area contributed by atoms with Gasteiger partial charge in [-0.3, -0.25) is 4.57 Å². The number of hydrogen-bond acceptors (Lipinski definition) is 3. The summed E-state index contributed by atoms with van der Waals surface area (Å²) >= 11 is 0. The van der Waals surface area contributed by atoms with Crippen LogP contribution in [0.3, 0.4) is 0 Å². The van der Waals surface area contributed by atoms with E-state index in [1.807, 2.05) is 42.1 Å². The minimum absolute atomic E-state index is 0.578. The Hall–Kier alpha value is -3.09. The maximum atomic E-state index is 4.64. The van der Waals surface area contributed by atoms with Crippen LogP contribution in [0.1, 0.15) is 18.3 Å². The topological polar surface area (TPSA) is 72.1 Å². The molecule has 3 aromatic heterocycles. The Labute approximate surface area is 153 Å². The molecule has 0 radical (unpaired) electrons. The Morgan fingerprint density at radius 1 is 1.12 bits per heavy atom. The highest BCUT2D eigenvalue weighted by Crippen LogP contribution is 2.09. The van der Waals surface area contributed by atoms with E-state index in [4.69, 9.17) is 0 Å². The first-order valence-electron chi connectivity index (χ1n) is 8.84. The summed E-state index contributed by atoms with van der Waals surface area (Å²) in [5, 5.41) is 6.63. The number of aromatic nitrogens is 4. The van der Waals surface area contributed by atoms with Crippen LogP contribution in [0.25, 0.3) is 5.82 Å². The second-order valence-corrected chi connectivity index (χ2v) is 5.91. The standard InChI is InChI=1S/C19H25N7/c1-3-20-19(22-8-12-25-10-4-5-11-25)24-15-17-6-7-18(23-14-17)26-13-9-21-16(26)2/h4-7,9-11,13-14H,3,8,12,15H2,1-2H3,(H2,20,22,24). The molecule has 0 aliphatic carbocycles. The zero-order chi connectivity index (χ0) is 18.2. The van der Waals surface area contributed by atoms with Gasteiger partial charge in [-0.2, -0.15) is 0 Å². The molecule has 0 spiro atoms. The molecule has 7 heteroatoms. The second-order valence-electron chi connectivity index (χ2n) is 5.91. The van der Waals surface area contributed by atoms with Gasteiger partial charge in [0.1, 0.15) is 11.6 Å². The van der Waals surface area contributed by atoms with Crippen molar-refractivity contribution in [3.63, 3.8) is 0 Å². The Morgan fingerprint density at radius 2 is 1.96 bits per heavy atom. The molecule has 2 N–H and O–H groups in total. The molecule has 0 saturated heterocycles. The molecule has 0 aliphatic rings. The van der Waals surface area contributed by atoms with Gasteiger partial charge in [-0.25, -0.2) is 15.0 Å². The average molecular weight is 351 g/mol. The number of hydrogen-bond donors (Lipinski definition) is 2. The van der Waals surface area contributed by atoms with Crippen LogP contribution < -0.4 is 10.6 Å². The Balaban J connectivity index is 1.57. The van der Waals surface area contributed by atoms with Gasteiger partial charge in [0.2, 0.25) is 0 Å². The highest BCUT2D eigenvalue weighted by Gasteiger charge is 2.02. The summed E-state index contributed by atoms with van der Waals surface area (Å²) in [5.41, 5.74) is 1.06. The number of rotatable bonds is 7. The molecule has 0 unspecified atom stereocenters. The van der Waals surface area contributed by atoms with E-state index in [2.05, 4.69) is 55.5 Å². The van der Waals surface area contributed by atoms with Crippen LogP contribution in [0.4, 0.5) is 0 Å². The fourth-order valence-corrected chi connectivity index (χ4v) is 2.61. The van der Waals surface area contributed by atoms with Gasteiger partial charge in [-0.05, 0) is 37.6 Å². The van der Waals surface area contributed by atoms with Crippen LogP contribution in [0.5, 0.6) is 0 Å². The Morgan fingerprint density at radius 3 is 2.62 bits per heavy atom. The van der Waals surface area contributed by atoms with Gasteiger partial charge < -0.3 is 15.2 Å². The lowest BCUT2D eigenvalue weighted by molar-refractivity contribution is 0.665. The molecule has 26 heavy (non-hydrogen) atoms. The number of nitrogens with one attached hydrogen (secondary N) is 2. The second kappa shape index (κ2) is 8.84. The summed E-state index contributed by atoms with van der Waals surface area (Å²) in [6, 6.07) is 8.10. The van der Waals surface area contributed by atoms with Gasteiger partial charge in [0, 0.05) is 50.6 Å². The first-order valence-corrected chi connectivity index (χ1v) is 8.84. The van der Waals surface area contributed by atoms with Gasteiger partial charge in [-0.15, -0.1) is 0 Å². The number of pyridine rings is 1. The third kappa shape index (κ3) is 4.72. The van der Waals surface area contributed by atoms with Gasteiger partial charge >= 0.3 is 0 Å².